The highest BCUT2D eigenvalue weighted by atomic mass is 32.2. The lowest BCUT2D eigenvalue weighted by Crippen LogP contribution is -2.42. The van der Waals surface area contributed by atoms with Crippen LogP contribution in [0.25, 0.3) is 5.69 Å². The molecule has 0 aliphatic carbocycles. The normalized spacial score (nSPS) is 19.6. The summed E-state index contributed by atoms with van der Waals surface area (Å²) in [6.45, 7) is 5.01. The third-order valence-electron chi connectivity index (χ3n) is 5.56. The first-order chi connectivity index (χ1) is 15.2. The Hall–Kier alpha value is -3.04. The Labute approximate surface area is 186 Å². The summed E-state index contributed by atoms with van der Waals surface area (Å²) in [5.74, 6) is -0.483. The van der Waals surface area contributed by atoms with Gasteiger partial charge in [-0.25, -0.2) is 17.8 Å². The largest absolute Gasteiger partial charge is 0.322 e. The summed E-state index contributed by atoms with van der Waals surface area (Å²) in [6.07, 6.45) is 5.63. The molecule has 1 saturated heterocycles. The molecular weight excluding hydrogens is 431 g/mol. The maximum absolute atomic E-state index is 14.5. The molecule has 0 bridgehead atoms. The van der Waals surface area contributed by atoms with E-state index in [4.69, 9.17) is 0 Å². The van der Waals surface area contributed by atoms with Gasteiger partial charge < -0.3 is 9.88 Å². The second-order valence-corrected chi connectivity index (χ2v) is 10.3. The first kappa shape index (κ1) is 22.2. The second kappa shape index (κ2) is 8.84. The van der Waals surface area contributed by atoms with E-state index in [-0.39, 0.29) is 28.0 Å². The van der Waals surface area contributed by atoms with Gasteiger partial charge >= 0.3 is 0 Å². The van der Waals surface area contributed by atoms with Crippen molar-refractivity contribution in [3.63, 3.8) is 0 Å². The molecule has 168 valence electrons. The van der Waals surface area contributed by atoms with E-state index < -0.39 is 21.7 Å². The number of imidazole rings is 1. The summed E-state index contributed by atoms with van der Waals surface area (Å²) in [5.41, 5.74) is 0.755. The van der Waals surface area contributed by atoms with Crippen molar-refractivity contribution in [2.75, 3.05) is 18.4 Å². The summed E-state index contributed by atoms with van der Waals surface area (Å²) in [4.78, 5) is 16.7. The first-order valence-electron chi connectivity index (χ1n) is 10.4. The molecule has 3 aromatic rings. The molecule has 9 heteroatoms. The number of amides is 1. The van der Waals surface area contributed by atoms with Crippen LogP contribution in [-0.4, -0.2) is 41.3 Å². The van der Waals surface area contributed by atoms with Gasteiger partial charge in [0.15, 0.2) is 0 Å². The monoisotopic (exact) mass is 456 g/mol. The molecule has 0 saturated carbocycles. The van der Waals surface area contributed by atoms with Crippen LogP contribution in [0.2, 0.25) is 0 Å². The fourth-order valence-corrected chi connectivity index (χ4v) is 5.87. The molecule has 1 N–H and O–H groups in total. The zero-order chi connectivity index (χ0) is 22.9. The predicted molar refractivity (Wildman–Crippen MR) is 120 cm³/mol. The molecule has 1 amide bonds. The number of carbonyl (C=O) groups is 1. The molecule has 2 heterocycles. The standard InChI is InChI=1S/C23H25FN4O3S/c1-16-10-17(2)14-28(13-16)32(30,31)20-5-3-4-18(11-20)23(29)26-19-6-7-22(21(24)12-19)27-9-8-25-15-27/h3-9,11-12,15-17H,10,13-14H2,1-2H3,(H,26,29)/t16-,17-/m0/s1. The molecule has 0 spiro atoms. The van der Waals surface area contributed by atoms with Crippen LogP contribution in [0.3, 0.4) is 0 Å². The Bertz CT molecular complexity index is 1220. The van der Waals surface area contributed by atoms with Crippen molar-refractivity contribution >= 4 is 21.6 Å². The van der Waals surface area contributed by atoms with Crippen molar-refractivity contribution in [3.8, 4) is 5.69 Å². The Kier molecular flexibility index (Phi) is 6.12. The van der Waals surface area contributed by atoms with Gasteiger partial charge in [-0.15, -0.1) is 0 Å². The summed E-state index contributed by atoms with van der Waals surface area (Å²) in [7, 11) is -3.71. The number of nitrogens with zero attached hydrogens (tertiary/aromatic N) is 3. The highest BCUT2D eigenvalue weighted by molar-refractivity contribution is 7.89. The number of carbonyl (C=O) groups excluding carboxylic acids is 1. The van der Waals surface area contributed by atoms with Crippen LogP contribution in [-0.2, 0) is 10.0 Å². The van der Waals surface area contributed by atoms with E-state index in [0.717, 1.165) is 6.42 Å². The van der Waals surface area contributed by atoms with Gasteiger partial charge in [0.2, 0.25) is 10.0 Å². The SMILES string of the molecule is C[C@H]1C[C@H](C)CN(S(=O)(=O)c2cccc(C(=O)Nc3ccc(-n4ccnc4)c(F)c3)c2)C1. The van der Waals surface area contributed by atoms with Crippen LogP contribution in [0.15, 0.2) is 66.1 Å². The lowest BCUT2D eigenvalue weighted by molar-refractivity contribution is 0.102. The number of halogens is 1. The molecule has 2 aromatic carbocycles. The van der Waals surface area contributed by atoms with Crippen molar-refractivity contribution in [3.05, 3.63) is 72.6 Å². The fraction of sp³-hybridized carbons (Fsp3) is 0.304. The van der Waals surface area contributed by atoms with Gasteiger partial charge in [0.05, 0.1) is 16.9 Å². The van der Waals surface area contributed by atoms with E-state index in [9.17, 15) is 17.6 Å². The van der Waals surface area contributed by atoms with Gasteiger partial charge in [-0.2, -0.15) is 4.31 Å². The molecule has 0 unspecified atom stereocenters. The van der Waals surface area contributed by atoms with Crippen LogP contribution in [0, 0.1) is 17.7 Å². The maximum Gasteiger partial charge on any atom is 0.255 e. The number of piperidine rings is 1. The minimum absolute atomic E-state index is 0.0769. The Morgan fingerprint density at radius 1 is 1.12 bits per heavy atom. The van der Waals surface area contributed by atoms with E-state index in [1.54, 1.807) is 24.5 Å². The topological polar surface area (TPSA) is 84.3 Å². The maximum atomic E-state index is 14.5. The third-order valence-corrected chi connectivity index (χ3v) is 7.39. The minimum Gasteiger partial charge on any atom is -0.322 e. The number of rotatable bonds is 5. The molecular formula is C23H25FN4O3S. The highest BCUT2D eigenvalue weighted by Gasteiger charge is 2.32. The zero-order valence-corrected chi connectivity index (χ0v) is 18.7. The Morgan fingerprint density at radius 3 is 2.53 bits per heavy atom. The smallest absolute Gasteiger partial charge is 0.255 e. The summed E-state index contributed by atoms with van der Waals surface area (Å²) in [5, 5.41) is 2.63. The number of hydrogen-bond donors (Lipinski definition) is 1. The first-order valence-corrected chi connectivity index (χ1v) is 11.9. The van der Waals surface area contributed by atoms with E-state index >= 15 is 0 Å². The summed E-state index contributed by atoms with van der Waals surface area (Å²) < 4.78 is 43.8. The second-order valence-electron chi connectivity index (χ2n) is 8.39. The molecule has 2 atom stereocenters. The summed E-state index contributed by atoms with van der Waals surface area (Å²) in [6, 6.07) is 10.3. The van der Waals surface area contributed by atoms with Gasteiger partial charge in [-0.05, 0) is 54.7 Å². The lowest BCUT2D eigenvalue weighted by Gasteiger charge is -2.34. The predicted octanol–water partition coefficient (Wildman–Crippen LogP) is 3.93. The van der Waals surface area contributed by atoms with Crippen molar-refractivity contribution in [2.24, 2.45) is 11.8 Å². The number of sulfonamides is 1. The fourth-order valence-electron chi connectivity index (χ4n) is 4.15. The van der Waals surface area contributed by atoms with Crippen molar-refractivity contribution in [1.29, 1.82) is 0 Å². The average Bonchev–Trinajstić information content (AvgIpc) is 3.28. The average molecular weight is 457 g/mol. The molecule has 0 radical (unpaired) electrons. The van der Waals surface area contributed by atoms with E-state index in [0.29, 0.717) is 18.8 Å². The number of anilines is 1. The zero-order valence-electron chi connectivity index (χ0n) is 17.9. The Balaban J connectivity index is 1.53. The van der Waals surface area contributed by atoms with E-state index in [1.165, 1.54) is 45.5 Å². The number of nitrogens with one attached hydrogen (secondary N) is 1. The van der Waals surface area contributed by atoms with Gasteiger partial charge in [0.1, 0.15) is 5.82 Å². The van der Waals surface area contributed by atoms with E-state index in [2.05, 4.69) is 10.3 Å². The minimum atomic E-state index is -3.71. The molecule has 1 aliphatic heterocycles. The number of aromatic nitrogens is 2. The molecule has 4 rings (SSSR count). The molecule has 32 heavy (non-hydrogen) atoms. The molecule has 1 aliphatic rings. The quantitative estimate of drug-likeness (QED) is 0.631. The van der Waals surface area contributed by atoms with Crippen LogP contribution in [0.1, 0.15) is 30.6 Å². The van der Waals surface area contributed by atoms with Gasteiger partial charge in [-0.1, -0.05) is 19.9 Å². The van der Waals surface area contributed by atoms with Crippen molar-refractivity contribution < 1.29 is 17.6 Å². The van der Waals surface area contributed by atoms with Gasteiger partial charge in [0.25, 0.3) is 5.91 Å². The number of hydrogen-bond acceptors (Lipinski definition) is 4. The van der Waals surface area contributed by atoms with Crippen LogP contribution in [0.4, 0.5) is 10.1 Å². The highest BCUT2D eigenvalue weighted by Crippen LogP contribution is 2.27. The van der Waals surface area contributed by atoms with Gasteiger partial charge in [-0.3, -0.25) is 4.79 Å². The van der Waals surface area contributed by atoms with Gasteiger partial charge in [0, 0.05) is 36.7 Å². The van der Waals surface area contributed by atoms with Crippen molar-refractivity contribution in [1.82, 2.24) is 13.9 Å². The van der Waals surface area contributed by atoms with Crippen molar-refractivity contribution in [2.45, 2.75) is 25.2 Å². The molecule has 1 fully saturated rings. The van der Waals surface area contributed by atoms with E-state index in [1.807, 2.05) is 13.8 Å². The summed E-state index contributed by atoms with van der Waals surface area (Å²) >= 11 is 0. The Morgan fingerprint density at radius 2 is 1.88 bits per heavy atom. The number of benzene rings is 2. The van der Waals surface area contributed by atoms with Crippen LogP contribution in [0.5, 0.6) is 0 Å². The lowest BCUT2D eigenvalue weighted by atomic mass is 9.94. The molecule has 1 aromatic heterocycles. The third kappa shape index (κ3) is 4.58. The molecule has 7 nitrogen and oxygen atoms in total. The van der Waals surface area contributed by atoms with Crippen LogP contribution >= 0.6 is 0 Å². The van der Waals surface area contributed by atoms with Crippen LogP contribution < -0.4 is 5.32 Å².